The molecule has 3 aromatic rings. The van der Waals surface area contributed by atoms with Crippen molar-refractivity contribution in [1.29, 1.82) is 0 Å². The molecule has 0 aliphatic carbocycles. The maximum atomic E-state index is 14.8. The van der Waals surface area contributed by atoms with Crippen molar-refractivity contribution in [3.8, 4) is 5.69 Å². The summed E-state index contributed by atoms with van der Waals surface area (Å²) >= 11 is 5.88. The van der Waals surface area contributed by atoms with Crippen LogP contribution in [-0.2, 0) is 4.79 Å². The number of carbonyl (C=O) groups excluding carboxylic acids is 2. The van der Waals surface area contributed by atoms with E-state index in [9.17, 15) is 18.8 Å². The van der Waals surface area contributed by atoms with Crippen molar-refractivity contribution in [3.05, 3.63) is 87.6 Å². The van der Waals surface area contributed by atoms with Gasteiger partial charge in [0.25, 0.3) is 5.56 Å². The van der Waals surface area contributed by atoms with Gasteiger partial charge in [-0.25, -0.2) is 9.18 Å². The van der Waals surface area contributed by atoms with Crippen LogP contribution in [-0.4, -0.2) is 34.0 Å². The van der Waals surface area contributed by atoms with E-state index in [0.717, 1.165) is 5.56 Å². The summed E-state index contributed by atoms with van der Waals surface area (Å²) in [5, 5.41) is 5.91. The predicted octanol–water partition coefficient (Wildman–Crippen LogP) is 4.82. The molecule has 0 bridgehead atoms. The molecule has 2 N–H and O–H groups in total. The van der Waals surface area contributed by atoms with Gasteiger partial charge in [-0.05, 0) is 67.3 Å². The smallest absolute Gasteiger partial charge is 0.322 e. The van der Waals surface area contributed by atoms with E-state index >= 15 is 0 Å². The van der Waals surface area contributed by atoms with E-state index in [1.165, 1.54) is 27.7 Å². The molecule has 1 saturated heterocycles. The first-order chi connectivity index (χ1) is 16.2. The average Bonchev–Trinajstić information content (AvgIpc) is 3.19. The van der Waals surface area contributed by atoms with Gasteiger partial charge in [-0.3, -0.25) is 14.2 Å². The second-order valence-electron chi connectivity index (χ2n) is 8.51. The first kappa shape index (κ1) is 23.5. The molecule has 2 aromatic carbocycles. The Bertz CT molecular complexity index is 1290. The van der Waals surface area contributed by atoms with Gasteiger partial charge in [0.1, 0.15) is 11.9 Å². The molecule has 1 aliphatic heterocycles. The third kappa shape index (κ3) is 5.12. The third-order valence-electron chi connectivity index (χ3n) is 5.73. The number of nitrogens with one attached hydrogen (secondary N) is 2. The van der Waals surface area contributed by atoms with Crippen molar-refractivity contribution in [3.63, 3.8) is 0 Å². The summed E-state index contributed by atoms with van der Waals surface area (Å²) < 4.78 is 16.1. The number of halogens is 2. The zero-order valence-electron chi connectivity index (χ0n) is 18.7. The lowest BCUT2D eigenvalue weighted by atomic mass is 10.1. The van der Waals surface area contributed by atoms with E-state index in [0.29, 0.717) is 29.4 Å². The molecule has 9 heteroatoms. The van der Waals surface area contributed by atoms with Crippen molar-refractivity contribution < 1.29 is 14.0 Å². The maximum absolute atomic E-state index is 14.8. The Hall–Kier alpha value is -3.65. The van der Waals surface area contributed by atoms with Crippen LogP contribution in [0.15, 0.2) is 65.6 Å². The van der Waals surface area contributed by atoms with Gasteiger partial charge in [-0.15, -0.1) is 0 Å². The fourth-order valence-electron chi connectivity index (χ4n) is 4.01. The molecular formula is C25H24ClFN4O3. The minimum atomic E-state index is -0.749. The minimum absolute atomic E-state index is 0.0217. The van der Waals surface area contributed by atoms with Gasteiger partial charge in [-0.1, -0.05) is 18.5 Å². The number of likely N-dealkylation sites (tertiary alicyclic amines) is 1. The number of hydrogen-bond donors (Lipinski definition) is 2. The van der Waals surface area contributed by atoms with E-state index in [4.69, 9.17) is 11.6 Å². The normalized spacial score (nSPS) is 17.5. The lowest BCUT2D eigenvalue weighted by molar-refractivity contribution is -0.119. The zero-order valence-corrected chi connectivity index (χ0v) is 19.5. The van der Waals surface area contributed by atoms with Crippen LogP contribution in [0.25, 0.3) is 5.69 Å². The number of rotatable bonds is 4. The van der Waals surface area contributed by atoms with E-state index in [-0.39, 0.29) is 17.2 Å². The highest BCUT2D eigenvalue weighted by molar-refractivity contribution is 6.30. The zero-order chi connectivity index (χ0) is 24.4. The Balaban J connectivity index is 1.48. The lowest BCUT2D eigenvalue weighted by Crippen LogP contribution is -2.45. The number of pyridine rings is 1. The molecular weight excluding hydrogens is 459 g/mol. The highest BCUT2D eigenvalue weighted by atomic mass is 35.5. The molecule has 34 heavy (non-hydrogen) atoms. The van der Waals surface area contributed by atoms with E-state index in [2.05, 4.69) is 10.6 Å². The number of benzene rings is 2. The topological polar surface area (TPSA) is 83.4 Å². The first-order valence-corrected chi connectivity index (χ1v) is 11.2. The Morgan fingerprint density at radius 3 is 2.47 bits per heavy atom. The summed E-state index contributed by atoms with van der Waals surface area (Å²) in [5.41, 5.74) is 1.41. The number of carbonyl (C=O) groups is 2. The average molecular weight is 483 g/mol. The Morgan fingerprint density at radius 1 is 1.06 bits per heavy atom. The summed E-state index contributed by atoms with van der Waals surface area (Å²) in [7, 11) is 0. The van der Waals surface area contributed by atoms with Crippen LogP contribution in [0, 0.1) is 18.7 Å². The fourth-order valence-corrected chi connectivity index (χ4v) is 4.14. The number of anilines is 2. The van der Waals surface area contributed by atoms with Crippen LogP contribution in [0.4, 0.5) is 20.6 Å². The van der Waals surface area contributed by atoms with Gasteiger partial charge >= 0.3 is 6.03 Å². The Labute approximate surface area is 201 Å². The molecule has 4 rings (SSSR count). The van der Waals surface area contributed by atoms with Crippen molar-refractivity contribution in [2.75, 3.05) is 17.2 Å². The number of urea groups is 1. The predicted molar refractivity (Wildman–Crippen MR) is 130 cm³/mol. The van der Waals surface area contributed by atoms with E-state index < -0.39 is 23.8 Å². The minimum Gasteiger partial charge on any atom is -0.322 e. The summed E-state index contributed by atoms with van der Waals surface area (Å²) in [6.45, 7) is 4.15. The van der Waals surface area contributed by atoms with Crippen LogP contribution in [0.1, 0.15) is 18.9 Å². The number of hydrogen-bond acceptors (Lipinski definition) is 3. The molecule has 2 heterocycles. The molecule has 1 aromatic heterocycles. The lowest BCUT2D eigenvalue weighted by Gasteiger charge is -2.24. The van der Waals surface area contributed by atoms with Crippen LogP contribution >= 0.6 is 11.6 Å². The van der Waals surface area contributed by atoms with Gasteiger partial charge in [0.05, 0.1) is 11.4 Å². The number of nitrogens with zero attached hydrogens (tertiary/aromatic N) is 2. The molecule has 7 nitrogen and oxygen atoms in total. The summed E-state index contributed by atoms with van der Waals surface area (Å²) in [6, 6.07) is 12.9. The van der Waals surface area contributed by atoms with Crippen LogP contribution in [0.5, 0.6) is 0 Å². The molecule has 1 fully saturated rings. The standard InChI is InChI=1S/C25H24ClFN4O3/c1-15-9-10-30(23(32)12-15)19-7-8-21(20(27)13-19)29-24(33)22-11-16(2)14-31(22)25(34)28-18-5-3-17(26)4-6-18/h3-10,12-13,16,22H,11,14H2,1-2H3,(H,28,34)(H,29,33)/t16-,22-/m1/s1. The summed E-state index contributed by atoms with van der Waals surface area (Å²) in [4.78, 5) is 39.5. The second-order valence-corrected chi connectivity index (χ2v) is 8.95. The number of aromatic nitrogens is 1. The second kappa shape index (κ2) is 9.69. The van der Waals surface area contributed by atoms with Crippen molar-refractivity contribution in [2.45, 2.75) is 26.3 Å². The first-order valence-electron chi connectivity index (χ1n) is 10.8. The largest absolute Gasteiger partial charge is 0.322 e. The maximum Gasteiger partial charge on any atom is 0.322 e. The molecule has 0 spiro atoms. The highest BCUT2D eigenvalue weighted by Crippen LogP contribution is 2.26. The van der Waals surface area contributed by atoms with E-state index in [1.807, 2.05) is 6.92 Å². The van der Waals surface area contributed by atoms with Gasteiger partial charge in [0, 0.05) is 35.6 Å². The van der Waals surface area contributed by atoms with Crippen LogP contribution in [0.3, 0.4) is 0 Å². The molecule has 176 valence electrons. The third-order valence-corrected chi connectivity index (χ3v) is 5.98. The highest BCUT2D eigenvalue weighted by Gasteiger charge is 2.38. The van der Waals surface area contributed by atoms with Crippen molar-refractivity contribution in [2.24, 2.45) is 5.92 Å². The molecule has 3 amide bonds. The quantitative estimate of drug-likeness (QED) is 0.559. The molecule has 0 radical (unpaired) electrons. The van der Waals surface area contributed by atoms with Gasteiger partial charge < -0.3 is 15.5 Å². The van der Waals surface area contributed by atoms with Crippen LogP contribution < -0.4 is 16.2 Å². The van der Waals surface area contributed by atoms with Crippen LogP contribution in [0.2, 0.25) is 5.02 Å². The van der Waals surface area contributed by atoms with Gasteiger partial charge in [0.15, 0.2) is 0 Å². The van der Waals surface area contributed by atoms with Gasteiger partial charge in [-0.2, -0.15) is 0 Å². The Kier molecular flexibility index (Phi) is 6.70. The Morgan fingerprint density at radius 2 is 1.79 bits per heavy atom. The van der Waals surface area contributed by atoms with Gasteiger partial charge in [0.2, 0.25) is 5.91 Å². The molecule has 2 atom stereocenters. The molecule has 0 unspecified atom stereocenters. The van der Waals surface area contributed by atoms with E-state index in [1.54, 1.807) is 49.5 Å². The molecule has 0 saturated carbocycles. The number of aryl methyl sites for hydroxylation is 1. The summed E-state index contributed by atoms with van der Waals surface area (Å²) in [5.74, 6) is -1.05. The van der Waals surface area contributed by atoms with Crippen molar-refractivity contribution in [1.82, 2.24) is 9.47 Å². The monoisotopic (exact) mass is 482 g/mol. The number of amides is 3. The summed E-state index contributed by atoms with van der Waals surface area (Å²) in [6.07, 6.45) is 2.03. The SMILES string of the molecule is Cc1ccn(-c2ccc(NC(=O)[C@H]3C[C@@H](C)CN3C(=O)Nc3ccc(Cl)cc3)c(F)c2)c(=O)c1. The molecule has 1 aliphatic rings. The fraction of sp³-hybridized carbons (Fsp3) is 0.240. The van der Waals surface area contributed by atoms with Crippen molar-refractivity contribution >= 4 is 34.9 Å².